The molecule has 0 radical (unpaired) electrons. The van der Waals surface area contributed by atoms with E-state index < -0.39 is 18.0 Å². The van der Waals surface area contributed by atoms with Crippen LogP contribution in [0.1, 0.15) is 31.7 Å². The number of cyclic esters (lactones) is 1. The summed E-state index contributed by atoms with van der Waals surface area (Å²) in [6.07, 6.45) is 0.889. The van der Waals surface area contributed by atoms with Crippen LogP contribution in [0.3, 0.4) is 0 Å². The summed E-state index contributed by atoms with van der Waals surface area (Å²) < 4.78 is 20.2. The minimum atomic E-state index is -0.574. The number of rotatable bonds is 8. The zero-order chi connectivity index (χ0) is 25.5. The summed E-state index contributed by atoms with van der Waals surface area (Å²) >= 11 is 0. The Hall–Kier alpha value is -3.95. The molecule has 1 N–H and O–H groups in total. The Balaban J connectivity index is 1.26. The Kier molecular flexibility index (Phi) is 8.14. The van der Waals surface area contributed by atoms with Gasteiger partial charge in [-0.25, -0.2) is 14.0 Å². The van der Waals surface area contributed by atoms with Gasteiger partial charge in [0.15, 0.2) is 0 Å². The number of nitrogens with zero attached hydrogens (tertiary/aromatic N) is 3. The SMILES string of the molecule is CC(=O)NC[C@H]1CN(c2ccc(N3CCC(=NOC(=O)CCc4ccccc4)CC3)c(F)c2)C(=O)O1. The van der Waals surface area contributed by atoms with Gasteiger partial charge in [0.2, 0.25) is 5.91 Å². The van der Waals surface area contributed by atoms with E-state index in [-0.39, 0.29) is 31.4 Å². The molecule has 1 atom stereocenters. The highest BCUT2D eigenvalue weighted by molar-refractivity contribution is 5.90. The minimum Gasteiger partial charge on any atom is -0.442 e. The third-order valence-corrected chi connectivity index (χ3v) is 6.11. The Morgan fingerprint density at radius 2 is 1.92 bits per heavy atom. The molecular formula is C26H29FN4O5. The maximum atomic E-state index is 15.0. The molecule has 2 aromatic carbocycles. The van der Waals surface area contributed by atoms with Crippen molar-refractivity contribution in [3.8, 4) is 0 Å². The number of piperidine rings is 1. The van der Waals surface area contributed by atoms with E-state index in [0.29, 0.717) is 43.7 Å². The average molecular weight is 497 g/mol. The molecule has 0 aliphatic carbocycles. The summed E-state index contributed by atoms with van der Waals surface area (Å²) in [6.45, 7) is 2.88. The Morgan fingerprint density at radius 1 is 1.17 bits per heavy atom. The highest BCUT2D eigenvalue weighted by Crippen LogP contribution is 2.29. The van der Waals surface area contributed by atoms with Crippen LogP contribution in [0.4, 0.5) is 20.6 Å². The van der Waals surface area contributed by atoms with Crippen molar-refractivity contribution in [1.82, 2.24) is 5.32 Å². The number of amides is 2. The molecule has 0 bridgehead atoms. The predicted molar refractivity (Wildman–Crippen MR) is 132 cm³/mol. The summed E-state index contributed by atoms with van der Waals surface area (Å²) in [5.74, 6) is -1.04. The molecule has 2 aliphatic heterocycles. The zero-order valence-corrected chi connectivity index (χ0v) is 20.1. The quantitative estimate of drug-likeness (QED) is 0.444. The van der Waals surface area contributed by atoms with Gasteiger partial charge in [-0.05, 0) is 30.2 Å². The van der Waals surface area contributed by atoms with Gasteiger partial charge >= 0.3 is 12.1 Å². The highest BCUT2D eigenvalue weighted by atomic mass is 19.1. The van der Waals surface area contributed by atoms with Crippen LogP contribution in [0.15, 0.2) is 53.7 Å². The van der Waals surface area contributed by atoms with Crippen molar-refractivity contribution in [2.45, 2.75) is 38.7 Å². The molecular weight excluding hydrogens is 467 g/mol. The van der Waals surface area contributed by atoms with E-state index in [0.717, 1.165) is 11.3 Å². The monoisotopic (exact) mass is 496 g/mol. The third-order valence-electron chi connectivity index (χ3n) is 6.11. The van der Waals surface area contributed by atoms with Gasteiger partial charge in [-0.1, -0.05) is 35.5 Å². The summed E-state index contributed by atoms with van der Waals surface area (Å²) in [4.78, 5) is 43.6. The van der Waals surface area contributed by atoms with Crippen LogP contribution in [0, 0.1) is 5.82 Å². The van der Waals surface area contributed by atoms with Crippen molar-refractivity contribution in [3.63, 3.8) is 0 Å². The van der Waals surface area contributed by atoms with Crippen molar-refractivity contribution in [2.24, 2.45) is 5.16 Å². The van der Waals surface area contributed by atoms with Gasteiger partial charge in [0.05, 0.1) is 36.6 Å². The number of carbonyl (C=O) groups is 3. The number of aryl methyl sites for hydroxylation is 1. The molecule has 0 aromatic heterocycles. The maximum Gasteiger partial charge on any atom is 0.414 e. The van der Waals surface area contributed by atoms with Crippen LogP contribution < -0.4 is 15.1 Å². The second kappa shape index (κ2) is 11.7. The number of hydrogen-bond donors (Lipinski definition) is 1. The lowest BCUT2D eigenvalue weighted by Crippen LogP contribution is -2.35. The molecule has 2 aromatic rings. The highest BCUT2D eigenvalue weighted by Gasteiger charge is 2.33. The van der Waals surface area contributed by atoms with Crippen molar-refractivity contribution in [3.05, 3.63) is 59.9 Å². The molecule has 10 heteroatoms. The average Bonchev–Trinajstić information content (AvgIpc) is 3.26. The number of anilines is 2. The first kappa shape index (κ1) is 25.2. The Bertz CT molecular complexity index is 1130. The summed E-state index contributed by atoms with van der Waals surface area (Å²) in [7, 11) is 0. The van der Waals surface area contributed by atoms with E-state index in [1.54, 1.807) is 12.1 Å². The number of oxime groups is 1. The lowest BCUT2D eigenvalue weighted by atomic mass is 10.1. The summed E-state index contributed by atoms with van der Waals surface area (Å²) in [5, 5.41) is 6.63. The molecule has 9 nitrogen and oxygen atoms in total. The van der Waals surface area contributed by atoms with Crippen LogP contribution in [0.5, 0.6) is 0 Å². The number of halogens is 1. The van der Waals surface area contributed by atoms with Gasteiger partial charge in [0, 0.05) is 32.9 Å². The van der Waals surface area contributed by atoms with Crippen LogP contribution in [0.25, 0.3) is 0 Å². The van der Waals surface area contributed by atoms with Crippen LogP contribution in [0.2, 0.25) is 0 Å². The number of hydrogen-bond acceptors (Lipinski definition) is 7. The number of carbonyl (C=O) groups excluding carboxylic acids is 3. The van der Waals surface area contributed by atoms with E-state index in [1.165, 1.54) is 17.9 Å². The van der Waals surface area contributed by atoms with E-state index in [2.05, 4.69) is 10.5 Å². The summed E-state index contributed by atoms with van der Waals surface area (Å²) in [6, 6.07) is 14.3. The van der Waals surface area contributed by atoms with Crippen molar-refractivity contribution in [1.29, 1.82) is 0 Å². The van der Waals surface area contributed by atoms with Gasteiger partial charge in [0.25, 0.3) is 0 Å². The van der Waals surface area contributed by atoms with Gasteiger partial charge in [0.1, 0.15) is 11.9 Å². The normalized spacial score (nSPS) is 17.6. The van der Waals surface area contributed by atoms with Crippen molar-refractivity contribution >= 4 is 35.1 Å². The van der Waals surface area contributed by atoms with Gasteiger partial charge < -0.3 is 19.8 Å². The lowest BCUT2D eigenvalue weighted by Gasteiger charge is -2.30. The molecule has 190 valence electrons. The minimum absolute atomic E-state index is 0.206. The fourth-order valence-electron chi connectivity index (χ4n) is 4.17. The number of ether oxygens (including phenoxy) is 1. The van der Waals surface area contributed by atoms with Gasteiger partial charge in [-0.15, -0.1) is 0 Å². The fraction of sp³-hybridized carbons (Fsp3) is 0.385. The molecule has 2 saturated heterocycles. The fourth-order valence-corrected chi connectivity index (χ4v) is 4.17. The largest absolute Gasteiger partial charge is 0.442 e. The topological polar surface area (TPSA) is 101 Å². The molecule has 4 rings (SSSR count). The van der Waals surface area contributed by atoms with Gasteiger partial charge in [-0.2, -0.15) is 0 Å². The molecule has 2 aliphatic rings. The van der Waals surface area contributed by atoms with Crippen LogP contribution in [-0.2, 0) is 25.6 Å². The first-order valence-electron chi connectivity index (χ1n) is 12.0. The Morgan fingerprint density at radius 3 is 2.61 bits per heavy atom. The van der Waals surface area contributed by atoms with Gasteiger partial charge in [-0.3, -0.25) is 9.69 Å². The number of nitrogens with one attached hydrogen (secondary N) is 1. The molecule has 0 saturated carbocycles. The molecule has 2 fully saturated rings. The second-order valence-electron chi connectivity index (χ2n) is 8.78. The standard InChI is InChI=1S/C26H29FN4O5/c1-18(32)28-16-22-17-31(26(34)35-22)21-8-9-24(23(27)15-21)30-13-11-20(12-14-30)29-36-25(33)10-7-19-5-3-2-4-6-19/h2-6,8-9,15,22H,7,10-14,16-17H2,1H3,(H,28,32)/t22-/m0/s1. The van der Waals surface area contributed by atoms with E-state index in [9.17, 15) is 18.8 Å². The first-order valence-corrected chi connectivity index (χ1v) is 12.0. The number of benzene rings is 2. The predicted octanol–water partition coefficient (Wildman–Crippen LogP) is 3.42. The lowest BCUT2D eigenvalue weighted by molar-refractivity contribution is -0.143. The van der Waals surface area contributed by atoms with Crippen LogP contribution >= 0.6 is 0 Å². The molecule has 2 amide bonds. The molecule has 0 spiro atoms. The third kappa shape index (κ3) is 6.59. The van der Waals surface area contributed by atoms with Crippen molar-refractivity contribution < 1.29 is 28.3 Å². The van der Waals surface area contributed by atoms with Crippen molar-refractivity contribution in [2.75, 3.05) is 36.0 Å². The summed E-state index contributed by atoms with van der Waals surface area (Å²) in [5.41, 5.74) is 2.66. The zero-order valence-electron chi connectivity index (χ0n) is 20.1. The smallest absolute Gasteiger partial charge is 0.414 e. The molecule has 36 heavy (non-hydrogen) atoms. The van der Waals surface area contributed by atoms with E-state index in [4.69, 9.17) is 9.57 Å². The molecule has 0 unspecified atom stereocenters. The van der Waals surface area contributed by atoms with Crippen LogP contribution in [-0.4, -0.2) is 56.0 Å². The van der Waals surface area contributed by atoms with E-state index in [1.807, 2.05) is 35.2 Å². The molecule has 2 heterocycles. The first-order chi connectivity index (χ1) is 17.4. The second-order valence-corrected chi connectivity index (χ2v) is 8.78. The van der Waals surface area contributed by atoms with E-state index >= 15 is 0 Å². The Labute approximate surface area is 208 Å². The maximum absolute atomic E-state index is 15.0.